The number of aromatic carboxylic acids is 1. The number of nitrogens with zero attached hydrogens (tertiary/aromatic N) is 1. The summed E-state index contributed by atoms with van der Waals surface area (Å²) in [5.74, 6) is 1.86. The first-order valence-electron chi connectivity index (χ1n) is 9.27. The molecule has 4 nitrogen and oxygen atoms in total. The first-order chi connectivity index (χ1) is 11.6. The van der Waals surface area contributed by atoms with Crippen molar-refractivity contribution in [1.29, 1.82) is 0 Å². The van der Waals surface area contributed by atoms with Crippen LogP contribution in [0.25, 0.3) is 6.08 Å². The maximum atomic E-state index is 11.6. The molecule has 0 spiro atoms. The molecule has 0 aromatic carbocycles. The first-order valence-corrected chi connectivity index (χ1v) is 9.27. The molecule has 6 rings (SSSR count). The minimum atomic E-state index is -0.890. The largest absolute Gasteiger partial charge is 0.478 e. The van der Waals surface area contributed by atoms with E-state index in [-0.39, 0.29) is 0 Å². The fourth-order valence-corrected chi connectivity index (χ4v) is 6.33. The van der Waals surface area contributed by atoms with Crippen LogP contribution in [0.4, 0.5) is 5.69 Å². The van der Waals surface area contributed by atoms with E-state index in [4.69, 9.17) is 0 Å². The zero-order chi connectivity index (χ0) is 16.3. The van der Waals surface area contributed by atoms with E-state index in [2.05, 4.69) is 16.4 Å². The van der Waals surface area contributed by atoms with Gasteiger partial charge in [-0.25, -0.2) is 4.79 Å². The number of carboxylic acid groups (broad SMARTS) is 1. The molecule has 0 atom stereocenters. The predicted octanol–water partition coefficient (Wildman–Crippen LogP) is 3.98. The van der Waals surface area contributed by atoms with Crippen molar-refractivity contribution in [1.82, 2.24) is 4.98 Å². The SMILES string of the molecule is O=C(O)c1cnc2c(c1NCC13CC4CC(CC(C4)C1)C3)C=CC2. The topological polar surface area (TPSA) is 62.2 Å². The lowest BCUT2D eigenvalue weighted by Gasteiger charge is -2.57. The molecule has 4 saturated carbocycles. The van der Waals surface area contributed by atoms with Crippen LogP contribution in [0, 0.1) is 23.2 Å². The molecule has 24 heavy (non-hydrogen) atoms. The molecule has 5 aliphatic carbocycles. The Labute approximate surface area is 142 Å². The molecule has 0 unspecified atom stereocenters. The normalized spacial score (nSPS) is 35.2. The molecular weight excluding hydrogens is 300 g/mol. The van der Waals surface area contributed by atoms with Gasteiger partial charge in [0.25, 0.3) is 0 Å². The number of fused-ring (bicyclic) bond motifs is 1. The van der Waals surface area contributed by atoms with E-state index in [9.17, 15) is 9.90 Å². The minimum absolute atomic E-state index is 0.310. The molecule has 4 fully saturated rings. The van der Waals surface area contributed by atoms with E-state index in [1.54, 1.807) is 0 Å². The van der Waals surface area contributed by atoms with Crippen molar-refractivity contribution in [3.05, 3.63) is 29.1 Å². The van der Waals surface area contributed by atoms with Crippen LogP contribution in [0.3, 0.4) is 0 Å². The summed E-state index contributed by atoms with van der Waals surface area (Å²) in [5.41, 5.74) is 3.47. The summed E-state index contributed by atoms with van der Waals surface area (Å²) >= 11 is 0. The maximum absolute atomic E-state index is 11.6. The third kappa shape index (κ3) is 2.19. The van der Waals surface area contributed by atoms with Gasteiger partial charge in [0, 0.05) is 24.7 Å². The second kappa shape index (κ2) is 5.08. The van der Waals surface area contributed by atoms with Crippen LogP contribution in [0.1, 0.15) is 60.1 Å². The quantitative estimate of drug-likeness (QED) is 0.879. The molecule has 5 aliphatic rings. The zero-order valence-corrected chi connectivity index (χ0v) is 13.9. The highest BCUT2D eigenvalue weighted by atomic mass is 16.4. The van der Waals surface area contributed by atoms with Crippen molar-refractivity contribution in [2.24, 2.45) is 23.2 Å². The Hall–Kier alpha value is -1.84. The van der Waals surface area contributed by atoms with Crippen molar-refractivity contribution < 1.29 is 9.90 Å². The van der Waals surface area contributed by atoms with E-state index >= 15 is 0 Å². The molecule has 4 bridgehead atoms. The molecule has 4 heteroatoms. The van der Waals surface area contributed by atoms with E-state index in [1.807, 2.05) is 6.08 Å². The Morgan fingerprint density at radius 3 is 2.50 bits per heavy atom. The van der Waals surface area contributed by atoms with Gasteiger partial charge in [-0.2, -0.15) is 0 Å². The number of allylic oxidation sites excluding steroid dienone is 1. The number of nitrogens with one attached hydrogen (secondary N) is 1. The van der Waals surface area contributed by atoms with Crippen molar-refractivity contribution in [3.8, 4) is 0 Å². The second-order valence-electron chi connectivity index (χ2n) is 8.59. The van der Waals surface area contributed by atoms with Gasteiger partial charge in [-0.15, -0.1) is 0 Å². The van der Waals surface area contributed by atoms with Crippen LogP contribution < -0.4 is 5.32 Å². The lowest BCUT2D eigenvalue weighted by molar-refractivity contribution is -0.0444. The highest BCUT2D eigenvalue weighted by molar-refractivity contribution is 5.97. The molecule has 0 saturated heterocycles. The minimum Gasteiger partial charge on any atom is -0.478 e. The molecule has 126 valence electrons. The van der Waals surface area contributed by atoms with E-state index in [0.29, 0.717) is 11.0 Å². The molecule has 0 radical (unpaired) electrons. The Morgan fingerprint density at radius 2 is 1.88 bits per heavy atom. The summed E-state index contributed by atoms with van der Waals surface area (Å²) < 4.78 is 0. The van der Waals surface area contributed by atoms with Gasteiger partial charge in [0.15, 0.2) is 0 Å². The van der Waals surface area contributed by atoms with Gasteiger partial charge >= 0.3 is 5.97 Å². The molecule has 0 amide bonds. The number of pyridine rings is 1. The van der Waals surface area contributed by atoms with Crippen molar-refractivity contribution in [3.63, 3.8) is 0 Å². The van der Waals surface area contributed by atoms with Crippen LogP contribution in [0.15, 0.2) is 12.3 Å². The fraction of sp³-hybridized carbons (Fsp3) is 0.600. The third-order valence-corrected chi connectivity index (χ3v) is 6.83. The highest BCUT2D eigenvalue weighted by Gasteiger charge is 2.50. The summed E-state index contributed by atoms with van der Waals surface area (Å²) in [6.07, 6.45) is 14.7. The number of hydrogen-bond donors (Lipinski definition) is 2. The number of anilines is 1. The van der Waals surface area contributed by atoms with Gasteiger partial charge in [-0.05, 0) is 61.7 Å². The van der Waals surface area contributed by atoms with Crippen LogP contribution in [0.2, 0.25) is 0 Å². The Kier molecular flexibility index (Phi) is 3.07. The standard InChI is InChI=1S/C20H24N2O2/c23-19(24)16-10-21-17-3-1-2-15(17)18(16)22-11-20-7-12-4-13(8-20)6-14(5-12)9-20/h1-2,10,12-14H,3-9,11H2,(H,21,22)(H,23,24). The van der Waals surface area contributed by atoms with Gasteiger partial charge in [0.1, 0.15) is 5.56 Å². The molecule has 0 aliphatic heterocycles. The monoisotopic (exact) mass is 324 g/mol. The number of carboxylic acids is 1. The second-order valence-corrected chi connectivity index (χ2v) is 8.59. The van der Waals surface area contributed by atoms with Crippen molar-refractivity contribution in [2.75, 3.05) is 11.9 Å². The molecule has 1 aromatic rings. The Morgan fingerprint density at radius 1 is 1.21 bits per heavy atom. The Bertz CT molecular complexity index is 702. The maximum Gasteiger partial charge on any atom is 0.339 e. The predicted molar refractivity (Wildman–Crippen MR) is 93.0 cm³/mol. The summed E-state index contributed by atoms with van der Waals surface area (Å²) in [6.45, 7) is 0.918. The number of carbonyl (C=O) groups is 1. The third-order valence-electron chi connectivity index (χ3n) is 6.83. The first kappa shape index (κ1) is 14.5. The summed E-state index contributed by atoms with van der Waals surface area (Å²) in [5, 5.41) is 13.1. The van der Waals surface area contributed by atoms with E-state index in [0.717, 1.165) is 47.7 Å². The lowest BCUT2D eigenvalue weighted by Crippen LogP contribution is -2.49. The van der Waals surface area contributed by atoms with Crippen molar-refractivity contribution >= 4 is 17.7 Å². The highest BCUT2D eigenvalue weighted by Crippen LogP contribution is 2.60. The summed E-state index contributed by atoms with van der Waals surface area (Å²) in [6, 6.07) is 0. The number of aromatic nitrogens is 1. The molecular formula is C20H24N2O2. The lowest BCUT2D eigenvalue weighted by atomic mass is 9.49. The number of rotatable bonds is 4. The average molecular weight is 324 g/mol. The molecule has 1 aromatic heterocycles. The van der Waals surface area contributed by atoms with Gasteiger partial charge in [-0.3, -0.25) is 4.98 Å². The number of hydrogen-bond acceptors (Lipinski definition) is 3. The Balaban J connectivity index is 1.44. The van der Waals surface area contributed by atoms with Gasteiger partial charge < -0.3 is 10.4 Å². The molecule has 1 heterocycles. The smallest absolute Gasteiger partial charge is 0.339 e. The average Bonchev–Trinajstić information content (AvgIpc) is 2.99. The van der Waals surface area contributed by atoms with Gasteiger partial charge in [-0.1, -0.05) is 12.2 Å². The van der Waals surface area contributed by atoms with Crippen LogP contribution in [-0.2, 0) is 6.42 Å². The zero-order valence-electron chi connectivity index (χ0n) is 13.9. The summed E-state index contributed by atoms with van der Waals surface area (Å²) in [4.78, 5) is 16.0. The summed E-state index contributed by atoms with van der Waals surface area (Å²) in [7, 11) is 0. The van der Waals surface area contributed by atoms with Crippen LogP contribution in [0.5, 0.6) is 0 Å². The van der Waals surface area contributed by atoms with E-state index in [1.165, 1.54) is 44.7 Å². The van der Waals surface area contributed by atoms with Crippen molar-refractivity contribution in [2.45, 2.75) is 44.9 Å². The molecule has 2 N–H and O–H groups in total. The van der Waals surface area contributed by atoms with Gasteiger partial charge in [0.2, 0.25) is 0 Å². The van der Waals surface area contributed by atoms with Crippen LogP contribution >= 0.6 is 0 Å². The fourth-order valence-electron chi connectivity index (χ4n) is 6.33. The van der Waals surface area contributed by atoms with Gasteiger partial charge in [0.05, 0.1) is 11.4 Å². The van der Waals surface area contributed by atoms with E-state index < -0.39 is 5.97 Å². The van der Waals surface area contributed by atoms with Crippen LogP contribution in [-0.4, -0.2) is 22.6 Å².